The summed E-state index contributed by atoms with van der Waals surface area (Å²) in [7, 11) is 0. The third-order valence-corrected chi connectivity index (χ3v) is 2.63. The standard InChI is InChI=1S/C11H15N/c1-2-4-6-11-9-12-8-7-10(11)5-3-1/h1-6,10-12H,7-9H2/b2-1-,5-3-,6-4-. The van der Waals surface area contributed by atoms with Crippen LogP contribution in [0.25, 0.3) is 0 Å². The fraction of sp³-hybridized carbons (Fsp3) is 0.455. The average Bonchev–Trinajstić information content (AvgIpc) is 2.06. The minimum atomic E-state index is 0.708. The van der Waals surface area contributed by atoms with E-state index in [-0.39, 0.29) is 0 Å². The molecule has 1 fully saturated rings. The maximum Gasteiger partial charge on any atom is 0.00200 e. The summed E-state index contributed by atoms with van der Waals surface area (Å²) in [6, 6.07) is 0. The van der Waals surface area contributed by atoms with Gasteiger partial charge in [0.05, 0.1) is 0 Å². The molecule has 0 aromatic carbocycles. The monoisotopic (exact) mass is 161 g/mol. The maximum absolute atomic E-state index is 3.42. The lowest BCUT2D eigenvalue weighted by Gasteiger charge is -2.28. The first kappa shape index (κ1) is 7.81. The number of piperidine rings is 1. The van der Waals surface area contributed by atoms with Crippen LogP contribution < -0.4 is 5.32 Å². The minimum Gasteiger partial charge on any atom is -0.316 e. The van der Waals surface area contributed by atoms with Gasteiger partial charge in [0.15, 0.2) is 0 Å². The van der Waals surface area contributed by atoms with Crippen LogP contribution >= 0.6 is 0 Å². The highest BCUT2D eigenvalue weighted by Gasteiger charge is 2.19. The van der Waals surface area contributed by atoms with Crippen LogP contribution in [0.4, 0.5) is 0 Å². The van der Waals surface area contributed by atoms with Crippen LogP contribution in [0.2, 0.25) is 0 Å². The van der Waals surface area contributed by atoms with E-state index in [4.69, 9.17) is 0 Å². The summed E-state index contributed by atoms with van der Waals surface area (Å²) in [5.41, 5.74) is 0. The molecule has 0 saturated carbocycles. The molecule has 1 saturated heterocycles. The maximum atomic E-state index is 3.42. The molecule has 1 aliphatic heterocycles. The molecule has 0 aromatic heterocycles. The first-order valence-electron chi connectivity index (χ1n) is 4.69. The summed E-state index contributed by atoms with van der Waals surface area (Å²) < 4.78 is 0. The topological polar surface area (TPSA) is 12.0 Å². The highest BCUT2D eigenvalue weighted by Crippen LogP contribution is 2.22. The van der Waals surface area contributed by atoms with Crippen molar-refractivity contribution in [1.82, 2.24) is 5.32 Å². The third kappa shape index (κ3) is 1.67. The summed E-state index contributed by atoms with van der Waals surface area (Å²) in [5.74, 6) is 1.47. The second kappa shape index (κ2) is 3.72. The molecule has 0 spiro atoms. The Bertz CT molecular complexity index is 201. The number of allylic oxidation sites excluding steroid dienone is 5. The van der Waals surface area contributed by atoms with Crippen LogP contribution in [0, 0.1) is 11.8 Å². The van der Waals surface area contributed by atoms with Gasteiger partial charge in [-0.2, -0.15) is 0 Å². The van der Waals surface area contributed by atoms with E-state index in [1.807, 2.05) is 0 Å². The molecule has 1 heteroatoms. The molecule has 12 heavy (non-hydrogen) atoms. The molecule has 2 rings (SSSR count). The number of hydrogen-bond acceptors (Lipinski definition) is 1. The summed E-state index contributed by atoms with van der Waals surface area (Å²) in [6.45, 7) is 2.31. The van der Waals surface area contributed by atoms with Crippen LogP contribution in [0.5, 0.6) is 0 Å². The number of rotatable bonds is 0. The van der Waals surface area contributed by atoms with E-state index >= 15 is 0 Å². The molecule has 1 heterocycles. The lowest BCUT2D eigenvalue weighted by atomic mass is 9.85. The summed E-state index contributed by atoms with van der Waals surface area (Å²) in [4.78, 5) is 0. The average molecular weight is 161 g/mol. The van der Waals surface area contributed by atoms with E-state index in [1.165, 1.54) is 13.0 Å². The van der Waals surface area contributed by atoms with Crippen LogP contribution in [0.3, 0.4) is 0 Å². The van der Waals surface area contributed by atoms with Crippen molar-refractivity contribution in [1.29, 1.82) is 0 Å². The normalized spacial score (nSPS) is 42.0. The summed E-state index contributed by atoms with van der Waals surface area (Å²) >= 11 is 0. The van der Waals surface area contributed by atoms with E-state index in [2.05, 4.69) is 41.8 Å². The lowest BCUT2D eigenvalue weighted by molar-refractivity contribution is 0.356. The molecule has 0 aromatic rings. The quantitative estimate of drug-likeness (QED) is 0.572. The van der Waals surface area contributed by atoms with Gasteiger partial charge in [0.1, 0.15) is 0 Å². The van der Waals surface area contributed by atoms with Gasteiger partial charge in [-0.25, -0.2) is 0 Å². The molecule has 2 unspecified atom stereocenters. The second-order valence-corrected chi connectivity index (χ2v) is 3.48. The molecule has 64 valence electrons. The van der Waals surface area contributed by atoms with E-state index in [1.54, 1.807) is 0 Å². The zero-order valence-electron chi connectivity index (χ0n) is 7.24. The van der Waals surface area contributed by atoms with Gasteiger partial charge in [0.2, 0.25) is 0 Å². The lowest BCUT2D eigenvalue weighted by Crippen LogP contribution is -2.34. The Hall–Kier alpha value is -0.820. The minimum absolute atomic E-state index is 0.708. The van der Waals surface area contributed by atoms with Crippen LogP contribution in [-0.2, 0) is 0 Å². The largest absolute Gasteiger partial charge is 0.316 e. The molecule has 0 bridgehead atoms. The molecule has 1 N–H and O–H groups in total. The summed E-state index contributed by atoms with van der Waals surface area (Å²) in [5, 5.41) is 3.42. The first-order valence-corrected chi connectivity index (χ1v) is 4.69. The Morgan fingerprint density at radius 2 is 1.67 bits per heavy atom. The van der Waals surface area contributed by atoms with Crippen molar-refractivity contribution in [3.05, 3.63) is 36.5 Å². The van der Waals surface area contributed by atoms with Gasteiger partial charge in [-0.05, 0) is 24.8 Å². The predicted octanol–water partition coefficient (Wildman–Crippen LogP) is 1.89. The Morgan fingerprint density at radius 1 is 0.917 bits per heavy atom. The van der Waals surface area contributed by atoms with Crippen molar-refractivity contribution in [2.24, 2.45) is 11.8 Å². The fourth-order valence-corrected chi connectivity index (χ4v) is 1.89. The molecule has 0 radical (unpaired) electrons. The Morgan fingerprint density at radius 3 is 2.50 bits per heavy atom. The fourth-order valence-electron chi connectivity index (χ4n) is 1.89. The van der Waals surface area contributed by atoms with E-state index in [9.17, 15) is 0 Å². The molecule has 1 aliphatic carbocycles. The highest BCUT2D eigenvalue weighted by atomic mass is 14.9. The van der Waals surface area contributed by atoms with E-state index in [0.717, 1.165) is 12.5 Å². The zero-order chi connectivity index (χ0) is 8.23. The van der Waals surface area contributed by atoms with Crippen molar-refractivity contribution in [2.45, 2.75) is 6.42 Å². The molecular weight excluding hydrogens is 146 g/mol. The van der Waals surface area contributed by atoms with Gasteiger partial charge in [0.25, 0.3) is 0 Å². The van der Waals surface area contributed by atoms with Crippen molar-refractivity contribution >= 4 is 0 Å². The van der Waals surface area contributed by atoms with Crippen LogP contribution in [0.15, 0.2) is 36.5 Å². The van der Waals surface area contributed by atoms with E-state index in [0.29, 0.717) is 5.92 Å². The van der Waals surface area contributed by atoms with Gasteiger partial charge in [-0.15, -0.1) is 0 Å². The smallest absolute Gasteiger partial charge is 0.00200 e. The molecular formula is C11H15N. The SMILES string of the molecule is C1=C\C=C/C2CNCCC2\C=C/1. The van der Waals surface area contributed by atoms with Gasteiger partial charge in [-0.3, -0.25) is 0 Å². The van der Waals surface area contributed by atoms with Crippen molar-refractivity contribution in [2.75, 3.05) is 13.1 Å². The summed E-state index contributed by atoms with van der Waals surface area (Å²) in [6.07, 6.45) is 14.5. The van der Waals surface area contributed by atoms with Crippen molar-refractivity contribution in [3.63, 3.8) is 0 Å². The van der Waals surface area contributed by atoms with Crippen molar-refractivity contribution in [3.8, 4) is 0 Å². The third-order valence-electron chi connectivity index (χ3n) is 2.63. The van der Waals surface area contributed by atoms with Gasteiger partial charge >= 0.3 is 0 Å². The Kier molecular flexibility index (Phi) is 2.42. The zero-order valence-corrected chi connectivity index (χ0v) is 7.24. The number of hydrogen-bond donors (Lipinski definition) is 1. The first-order chi connectivity index (χ1) is 5.97. The molecule has 2 atom stereocenters. The Balaban J connectivity index is 2.15. The number of fused-ring (bicyclic) bond motifs is 1. The molecule has 1 nitrogen and oxygen atoms in total. The highest BCUT2D eigenvalue weighted by molar-refractivity contribution is 5.17. The Labute approximate surface area is 73.9 Å². The van der Waals surface area contributed by atoms with E-state index < -0.39 is 0 Å². The van der Waals surface area contributed by atoms with Crippen molar-refractivity contribution < 1.29 is 0 Å². The predicted molar refractivity (Wildman–Crippen MR) is 51.9 cm³/mol. The molecule has 0 amide bonds. The van der Waals surface area contributed by atoms with Gasteiger partial charge < -0.3 is 5.32 Å². The van der Waals surface area contributed by atoms with Crippen LogP contribution in [0.1, 0.15) is 6.42 Å². The molecule has 2 aliphatic rings. The number of nitrogens with one attached hydrogen (secondary N) is 1. The van der Waals surface area contributed by atoms with Gasteiger partial charge in [0, 0.05) is 6.54 Å². The van der Waals surface area contributed by atoms with Crippen LogP contribution in [-0.4, -0.2) is 13.1 Å². The second-order valence-electron chi connectivity index (χ2n) is 3.48. The van der Waals surface area contributed by atoms with Gasteiger partial charge in [-0.1, -0.05) is 36.5 Å².